The Balaban J connectivity index is 1.56. The SMILES string of the molecule is COc1ccc(-n2nc(CCC(=O)NCc3ccccc3F)cc2-c2cccc(F)c2)c(C)c1. The molecule has 4 rings (SSSR count). The van der Waals surface area contributed by atoms with Crippen LogP contribution >= 0.6 is 0 Å². The number of nitrogens with zero attached hydrogens (tertiary/aromatic N) is 2. The van der Waals surface area contributed by atoms with Crippen LogP contribution in [0.1, 0.15) is 23.2 Å². The monoisotopic (exact) mass is 461 g/mol. The maximum Gasteiger partial charge on any atom is 0.220 e. The molecule has 0 saturated carbocycles. The molecule has 1 heterocycles. The van der Waals surface area contributed by atoms with Crippen molar-refractivity contribution in [2.75, 3.05) is 7.11 Å². The quantitative estimate of drug-likeness (QED) is 0.383. The van der Waals surface area contributed by atoms with Crippen molar-refractivity contribution in [1.82, 2.24) is 15.1 Å². The van der Waals surface area contributed by atoms with E-state index in [2.05, 4.69) is 5.32 Å². The fraction of sp³-hybridized carbons (Fsp3) is 0.185. The minimum atomic E-state index is -0.351. The summed E-state index contributed by atoms with van der Waals surface area (Å²) in [5.41, 5.74) is 4.29. The second-order valence-electron chi connectivity index (χ2n) is 7.96. The molecule has 0 fully saturated rings. The minimum Gasteiger partial charge on any atom is -0.497 e. The molecule has 5 nitrogen and oxygen atoms in total. The van der Waals surface area contributed by atoms with E-state index in [0.29, 0.717) is 23.2 Å². The first-order valence-corrected chi connectivity index (χ1v) is 10.9. The fourth-order valence-corrected chi connectivity index (χ4v) is 3.75. The molecule has 0 unspecified atom stereocenters. The van der Waals surface area contributed by atoms with E-state index in [1.807, 2.05) is 37.3 Å². The van der Waals surface area contributed by atoms with Crippen LogP contribution in [0.5, 0.6) is 5.75 Å². The highest BCUT2D eigenvalue weighted by atomic mass is 19.1. The summed E-state index contributed by atoms with van der Waals surface area (Å²) in [7, 11) is 1.61. The lowest BCUT2D eigenvalue weighted by Gasteiger charge is -2.12. The molecule has 0 saturated heterocycles. The number of carbonyl (C=O) groups excluding carboxylic acids is 1. The molecule has 0 aliphatic rings. The number of aryl methyl sites for hydroxylation is 2. The first-order chi connectivity index (χ1) is 16.4. The van der Waals surface area contributed by atoms with Crippen LogP contribution in [0, 0.1) is 18.6 Å². The molecule has 0 aliphatic carbocycles. The van der Waals surface area contributed by atoms with Gasteiger partial charge in [-0.05, 0) is 55.0 Å². The van der Waals surface area contributed by atoms with Gasteiger partial charge in [-0.1, -0.05) is 30.3 Å². The number of nitrogens with one attached hydrogen (secondary N) is 1. The van der Waals surface area contributed by atoms with E-state index in [0.717, 1.165) is 22.7 Å². The highest BCUT2D eigenvalue weighted by Crippen LogP contribution is 2.28. The van der Waals surface area contributed by atoms with Gasteiger partial charge in [-0.15, -0.1) is 0 Å². The number of methoxy groups -OCH3 is 1. The summed E-state index contributed by atoms with van der Waals surface area (Å²) in [6, 6.07) is 20.2. The van der Waals surface area contributed by atoms with Crippen molar-refractivity contribution in [2.45, 2.75) is 26.3 Å². The van der Waals surface area contributed by atoms with Gasteiger partial charge in [-0.3, -0.25) is 4.79 Å². The lowest BCUT2D eigenvalue weighted by atomic mass is 10.1. The summed E-state index contributed by atoms with van der Waals surface area (Å²) in [5, 5.41) is 7.47. The van der Waals surface area contributed by atoms with Crippen molar-refractivity contribution < 1.29 is 18.3 Å². The Morgan fingerprint density at radius 1 is 1.03 bits per heavy atom. The average molecular weight is 462 g/mol. The van der Waals surface area contributed by atoms with Crippen molar-refractivity contribution in [3.63, 3.8) is 0 Å². The smallest absolute Gasteiger partial charge is 0.220 e. The first-order valence-electron chi connectivity index (χ1n) is 10.9. The predicted octanol–water partition coefficient (Wildman–Crippen LogP) is 5.38. The lowest BCUT2D eigenvalue weighted by molar-refractivity contribution is -0.121. The van der Waals surface area contributed by atoms with Gasteiger partial charge in [0.15, 0.2) is 0 Å². The highest BCUT2D eigenvalue weighted by molar-refractivity contribution is 5.76. The van der Waals surface area contributed by atoms with Crippen LogP contribution < -0.4 is 10.1 Å². The molecule has 0 radical (unpaired) electrons. The zero-order valence-corrected chi connectivity index (χ0v) is 19.0. The number of aromatic nitrogens is 2. The molecule has 174 valence electrons. The third kappa shape index (κ3) is 5.31. The molecule has 7 heteroatoms. The maximum atomic E-state index is 14.0. The van der Waals surface area contributed by atoms with Crippen LogP contribution in [0.2, 0.25) is 0 Å². The zero-order valence-electron chi connectivity index (χ0n) is 19.0. The van der Waals surface area contributed by atoms with E-state index < -0.39 is 0 Å². The molecule has 0 spiro atoms. The van der Waals surface area contributed by atoms with Crippen LogP contribution in [0.3, 0.4) is 0 Å². The second kappa shape index (κ2) is 10.3. The van der Waals surface area contributed by atoms with Crippen molar-refractivity contribution >= 4 is 5.91 Å². The van der Waals surface area contributed by atoms with E-state index in [9.17, 15) is 13.6 Å². The van der Waals surface area contributed by atoms with Gasteiger partial charge in [0.25, 0.3) is 0 Å². The third-order valence-corrected chi connectivity index (χ3v) is 5.55. The second-order valence-corrected chi connectivity index (χ2v) is 7.96. The molecule has 3 aromatic carbocycles. The van der Waals surface area contributed by atoms with Gasteiger partial charge >= 0.3 is 0 Å². The van der Waals surface area contributed by atoms with Gasteiger partial charge in [0.1, 0.15) is 17.4 Å². The summed E-state index contributed by atoms with van der Waals surface area (Å²) >= 11 is 0. The predicted molar refractivity (Wildman–Crippen MR) is 127 cm³/mol. The number of rotatable bonds is 8. The van der Waals surface area contributed by atoms with Gasteiger partial charge < -0.3 is 10.1 Å². The van der Waals surface area contributed by atoms with Crippen LogP contribution in [-0.4, -0.2) is 22.8 Å². The third-order valence-electron chi connectivity index (χ3n) is 5.55. The number of ether oxygens (including phenoxy) is 1. The van der Waals surface area contributed by atoms with Gasteiger partial charge in [-0.25, -0.2) is 13.5 Å². The van der Waals surface area contributed by atoms with E-state index in [1.165, 1.54) is 18.2 Å². The molecule has 0 bridgehead atoms. The largest absolute Gasteiger partial charge is 0.497 e. The Morgan fingerprint density at radius 3 is 2.59 bits per heavy atom. The minimum absolute atomic E-state index is 0.125. The van der Waals surface area contributed by atoms with Crippen molar-refractivity contribution in [1.29, 1.82) is 0 Å². The summed E-state index contributed by atoms with van der Waals surface area (Å²) in [6.07, 6.45) is 0.573. The van der Waals surface area contributed by atoms with E-state index in [-0.39, 0.29) is 30.5 Å². The molecule has 34 heavy (non-hydrogen) atoms. The summed E-state index contributed by atoms with van der Waals surface area (Å²) in [5.74, 6) is -0.167. The van der Waals surface area contributed by atoms with Gasteiger partial charge in [0.2, 0.25) is 5.91 Å². The molecular weight excluding hydrogens is 436 g/mol. The molecular formula is C27H25F2N3O2. The Labute approximate surface area is 197 Å². The molecule has 4 aromatic rings. The summed E-state index contributed by atoms with van der Waals surface area (Å²) < 4.78 is 34.8. The highest BCUT2D eigenvalue weighted by Gasteiger charge is 2.15. The van der Waals surface area contributed by atoms with Gasteiger partial charge in [0.05, 0.1) is 24.2 Å². The van der Waals surface area contributed by atoms with Crippen LogP contribution in [0.15, 0.2) is 72.8 Å². The van der Waals surface area contributed by atoms with Crippen molar-refractivity contribution in [3.8, 4) is 22.7 Å². The van der Waals surface area contributed by atoms with E-state index in [4.69, 9.17) is 9.84 Å². The molecule has 1 aromatic heterocycles. The zero-order chi connectivity index (χ0) is 24.1. The Hall–Kier alpha value is -4.00. The number of hydrogen-bond acceptors (Lipinski definition) is 3. The number of carbonyl (C=O) groups is 1. The lowest BCUT2D eigenvalue weighted by Crippen LogP contribution is -2.23. The van der Waals surface area contributed by atoms with E-state index in [1.54, 1.807) is 36.1 Å². The van der Waals surface area contributed by atoms with E-state index >= 15 is 0 Å². The van der Waals surface area contributed by atoms with Gasteiger partial charge in [0, 0.05) is 30.5 Å². The van der Waals surface area contributed by atoms with Crippen LogP contribution in [0.4, 0.5) is 8.78 Å². The summed E-state index contributed by atoms with van der Waals surface area (Å²) in [6.45, 7) is 2.07. The molecule has 0 atom stereocenters. The fourth-order valence-electron chi connectivity index (χ4n) is 3.75. The maximum absolute atomic E-state index is 14.0. The topological polar surface area (TPSA) is 56.2 Å². The molecule has 1 amide bonds. The number of benzene rings is 3. The van der Waals surface area contributed by atoms with Crippen molar-refractivity contribution in [3.05, 3.63) is 101 Å². The van der Waals surface area contributed by atoms with Crippen LogP contribution in [-0.2, 0) is 17.8 Å². The Kier molecular flexibility index (Phi) is 7.01. The summed E-state index contributed by atoms with van der Waals surface area (Å²) in [4.78, 5) is 12.4. The number of hydrogen-bond donors (Lipinski definition) is 1. The molecule has 1 N–H and O–H groups in total. The standard InChI is InChI=1S/C27H25F2N3O2/c1-18-14-23(34-2)11-12-25(18)32-26(19-7-5-8-21(28)15-19)16-22(31-32)10-13-27(33)30-17-20-6-3-4-9-24(20)29/h3-9,11-12,14-16H,10,13,17H2,1-2H3,(H,30,33). The first kappa shape index (κ1) is 23.2. The average Bonchev–Trinajstić information content (AvgIpc) is 3.26. The Bertz CT molecular complexity index is 1320. The number of amides is 1. The van der Waals surface area contributed by atoms with Crippen molar-refractivity contribution in [2.24, 2.45) is 0 Å². The Morgan fingerprint density at radius 2 is 1.85 bits per heavy atom. The van der Waals surface area contributed by atoms with Gasteiger partial charge in [-0.2, -0.15) is 5.10 Å². The normalized spacial score (nSPS) is 10.8. The molecule has 0 aliphatic heterocycles. The number of halogens is 2. The van der Waals surface area contributed by atoms with Crippen LogP contribution in [0.25, 0.3) is 16.9 Å².